The lowest BCUT2D eigenvalue weighted by Crippen LogP contribution is -2.55. The highest BCUT2D eigenvalue weighted by Crippen LogP contribution is 2.31. The van der Waals surface area contributed by atoms with E-state index < -0.39 is 0 Å². The predicted octanol–water partition coefficient (Wildman–Crippen LogP) is 2.33. The Morgan fingerprint density at radius 3 is 2.60 bits per heavy atom. The molecule has 2 nitrogen and oxygen atoms in total. The van der Waals surface area contributed by atoms with Crippen LogP contribution in [-0.2, 0) is 0 Å². The van der Waals surface area contributed by atoms with Gasteiger partial charge >= 0.3 is 0 Å². The minimum Gasteiger partial charge on any atom is -0.329 e. The van der Waals surface area contributed by atoms with Crippen molar-refractivity contribution in [1.82, 2.24) is 4.90 Å². The molecule has 1 fully saturated rings. The van der Waals surface area contributed by atoms with Gasteiger partial charge in [0.25, 0.3) is 0 Å². The molecule has 1 rings (SSSR count). The fraction of sp³-hybridized carbons (Fsp3) is 1.00. The number of thioether (sulfide) groups is 1. The van der Waals surface area contributed by atoms with Gasteiger partial charge in [-0.05, 0) is 32.1 Å². The van der Waals surface area contributed by atoms with Crippen LogP contribution in [0, 0.1) is 0 Å². The first-order valence-electron chi connectivity index (χ1n) is 6.21. The first kappa shape index (κ1) is 13.3. The summed E-state index contributed by atoms with van der Waals surface area (Å²) in [6.45, 7) is 5.34. The van der Waals surface area contributed by atoms with Crippen LogP contribution in [0.15, 0.2) is 0 Å². The van der Waals surface area contributed by atoms with Crippen molar-refractivity contribution in [2.45, 2.75) is 51.1 Å². The number of nitrogens with zero attached hydrogens (tertiary/aromatic N) is 1. The predicted molar refractivity (Wildman–Crippen MR) is 70.5 cm³/mol. The van der Waals surface area contributed by atoms with Crippen molar-refractivity contribution in [3.05, 3.63) is 0 Å². The third kappa shape index (κ3) is 2.89. The molecule has 2 unspecified atom stereocenters. The van der Waals surface area contributed by atoms with Gasteiger partial charge in [-0.3, -0.25) is 4.90 Å². The van der Waals surface area contributed by atoms with Crippen molar-refractivity contribution in [3.8, 4) is 0 Å². The zero-order valence-electron chi connectivity index (χ0n) is 10.5. The number of hydrogen-bond acceptors (Lipinski definition) is 3. The average molecular weight is 230 g/mol. The van der Waals surface area contributed by atoms with Crippen LogP contribution >= 0.6 is 11.8 Å². The molecular weight excluding hydrogens is 204 g/mol. The van der Waals surface area contributed by atoms with E-state index in [-0.39, 0.29) is 5.54 Å². The maximum absolute atomic E-state index is 6.02. The minimum atomic E-state index is 0.254. The second-order valence-electron chi connectivity index (χ2n) is 4.66. The molecule has 1 saturated heterocycles. The van der Waals surface area contributed by atoms with Crippen LogP contribution in [0.25, 0.3) is 0 Å². The lowest BCUT2D eigenvalue weighted by molar-refractivity contribution is 0.0740. The van der Waals surface area contributed by atoms with E-state index in [1.54, 1.807) is 0 Å². The quantitative estimate of drug-likeness (QED) is 0.759. The molecule has 3 heteroatoms. The Kier molecular flexibility index (Phi) is 5.44. The van der Waals surface area contributed by atoms with Crippen LogP contribution in [0.3, 0.4) is 0 Å². The highest BCUT2D eigenvalue weighted by molar-refractivity contribution is 7.99. The summed E-state index contributed by atoms with van der Waals surface area (Å²) in [7, 11) is 2.28. The fourth-order valence-corrected chi connectivity index (χ4v) is 3.94. The summed E-state index contributed by atoms with van der Waals surface area (Å²) in [4.78, 5) is 2.58. The van der Waals surface area contributed by atoms with Crippen LogP contribution < -0.4 is 5.73 Å². The average Bonchev–Trinajstić information content (AvgIpc) is 2.78. The summed E-state index contributed by atoms with van der Waals surface area (Å²) in [6.07, 6.45) is 4.98. The Morgan fingerprint density at radius 1 is 1.47 bits per heavy atom. The van der Waals surface area contributed by atoms with Gasteiger partial charge in [-0.2, -0.15) is 11.8 Å². The third-order valence-corrected chi connectivity index (χ3v) is 5.10. The number of rotatable bonds is 6. The van der Waals surface area contributed by atoms with E-state index in [4.69, 9.17) is 5.73 Å². The van der Waals surface area contributed by atoms with Gasteiger partial charge in [-0.1, -0.05) is 20.3 Å². The zero-order chi connectivity index (χ0) is 11.3. The maximum Gasteiger partial charge on any atom is 0.0329 e. The van der Waals surface area contributed by atoms with Crippen molar-refractivity contribution < 1.29 is 0 Å². The Bertz CT molecular complexity index is 174. The summed E-state index contributed by atoms with van der Waals surface area (Å²) in [5, 5.41) is 0. The molecule has 0 amide bonds. The van der Waals surface area contributed by atoms with E-state index in [0.29, 0.717) is 0 Å². The lowest BCUT2D eigenvalue weighted by atomic mass is 9.87. The Morgan fingerprint density at radius 2 is 2.20 bits per heavy atom. The van der Waals surface area contributed by atoms with Gasteiger partial charge in [-0.25, -0.2) is 0 Å². The van der Waals surface area contributed by atoms with Crippen molar-refractivity contribution in [1.29, 1.82) is 0 Å². The number of likely N-dealkylation sites (N-methyl/N-ethyl adjacent to an activating group) is 1. The van der Waals surface area contributed by atoms with E-state index >= 15 is 0 Å². The van der Waals surface area contributed by atoms with E-state index in [0.717, 1.165) is 12.6 Å². The summed E-state index contributed by atoms with van der Waals surface area (Å²) < 4.78 is 0. The van der Waals surface area contributed by atoms with Crippen molar-refractivity contribution in [2.24, 2.45) is 5.73 Å². The maximum atomic E-state index is 6.02. The number of nitrogens with two attached hydrogens (primary N) is 1. The first-order valence-corrected chi connectivity index (χ1v) is 7.36. The molecule has 0 aromatic heterocycles. The number of hydrogen-bond donors (Lipinski definition) is 1. The molecule has 0 aromatic carbocycles. The van der Waals surface area contributed by atoms with Crippen LogP contribution in [-0.4, -0.2) is 41.6 Å². The second-order valence-corrected chi connectivity index (χ2v) is 5.81. The lowest BCUT2D eigenvalue weighted by Gasteiger charge is -2.44. The molecule has 90 valence electrons. The Balaban J connectivity index is 2.67. The normalized spacial score (nSPS) is 25.8. The summed E-state index contributed by atoms with van der Waals surface area (Å²) in [6, 6.07) is 0.755. The van der Waals surface area contributed by atoms with Gasteiger partial charge in [0.15, 0.2) is 0 Å². The van der Waals surface area contributed by atoms with E-state index in [2.05, 4.69) is 37.6 Å². The van der Waals surface area contributed by atoms with Crippen molar-refractivity contribution in [2.75, 3.05) is 25.1 Å². The SMILES string of the molecule is CCCC(CC)(CN)N(C)C1CCSC1. The van der Waals surface area contributed by atoms with Gasteiger partial charge in [0.1, 0.15) is 0 Å². The molecule has 1 heterocycles. The topological polar surface area (TPSA) is 29.3 Å². The smallest absolute Gasteiger partial charge is 0.0329 e. The van der Waals surface area contributed by atoms with E-state index in [1.807, 2.05) is 0 Å². The zero-order valence-corrected chi connectivity index (χ0v) is 11.3. The van der Waals surface area contributed by atoms with Crippen molar-refractivity contribution >= 4 is 11.8 Å². The van der Waals surface area contributed by atoms with Crippen LogP contribution in [0.5, 0.6) is 0 Å². The summed E-state index contributed by atoms with van der Waals surface area (Å²) >= 11 is 2.08. The molecule has 0 radical (unpaired) electrons. The molecule has 2 N–H and O–H groups in total. The molecule has 0 spiro atoms. The van der Waals surface area contributed by atoms with Gasteiger partial charge in [0, 0.05) is 23.9 Å². The summed E-state index contributed by atoms with van der Waals surface area (Å²) in [5.74, 6) is 2.62. The molecule has 1 aliphatic rings. The van der Waals surface area contributed by atoms with E-state index in [9.17, 15) is 0 Å². The van der Waals surface area contributed by atoms with Gasteiger partial charge in [0.2, 0.25) is 0 Å². The molecule has 0 bridgehead atoms. The minimum absolute atomic E-state index is 0.254. The molecule has 0 aliphatic carbocycles. The highest BCUT2D eigenvalue weighted by atomic mass is 32.2. The first-order chi connectivity index (χ1) is 7.20. The molecule has 15 heavy (non-hydrogen) atoms. The second kappa shape index (κ2) is 6.12. The molecule has 0 saturated carbocycles. The van der Waals surface area contributed by atoms with Gasteiger partial charge in [0.05, 0.1) is 0 Å². The Labute approximate surface area is 99.0 Å². The van der Waals surface area contributed by atoms with Crippen LogP contribution in [0.4, 0.5) is 0 Å². The molecule has 0 aromatic rings. The van der Waals surface area contributed by atoms with Crippen molar-refractivity contribution in [3.63, 3.8) is 0 Å². The molecule has 1 aliphatic heterocycles. The third-order valence-electron chi connectivity index (χ3n) is 3.96. The molecular formula is C12H26N2S. The fourth-order valence-electron chi connectivity index (χ4n) is 2.67. The van der Waals surface area contributed by atoms with E-state index in [1.165, 1.54) is 37.2 Å². The van der Waals surface area contributed by atoms with Crippen LogP contribution in [0.2, 0.25) is 0 Å². The van der Waals surface area contributed by atoms with Crippen LogP contribution in [0.1, 0.15) is 39.5 Å². The summed E-state index contributed by atoms with van der Waals surface area (Å²) in [5.41, 5.74) is 6.28. The standard InChI is InChI=1S/C12H26N2S/c1-4-7-12(5-2,10-13)14(3)11-6-8-15-9-11/h11H,4-10,13H2,1-3H3. The largest absolute Gasteiger partial charge is 0.329 e. The highest BCUT2D eigenvalue weighted by Gasteiger charge is 2.35. The Hall–Kier alpha value is 0.270. The molecule has 2 atom stereocenters. The van der Waals surface area contributed by atoms with Gasteiger partial charge in [-0.15, -0.1) is 0 Å². The van der Waals surface area contributed by atoms with Gasteiger partial charge < -0.3 is 5.73 Å². The monoisotopic (exact) mass is 230 g/mol.